The maximum atomic E-state index is 12.2. The lowest BCUT2D eigenvalue weighted by molar-refractivity contribution is -0.134. The van der Waals surface area contributed by atoms with Gasteiger partial charge < -0.3 is 15.3 Å². The molecule has 5 nitrogen and oxygen atoms in total. The summed E-state index contributed by atoms with van der Waals surface area (Å²) in [7, 11) is 0. The lowest BCUT2D eigenvalue weighted by Gasteiger charge is -2.58. The Balaban J connectivity index is 1.24. The Morgan fingerprint density at radius 2 is 1.80 bits per heavy atom. The Labute approximate surface area is 150 Å². The van der Waals surface area contributed by atoms with Gasteiger partial charge in [0.15, 0.2) is 0 Å². The van der Waals surface area contributed by atoms with Crippen molar-refractivity contribution in [3.8, 4) is 0 Å². The molecule has 25 heavy (non-hydrogen) atoms. The Hall–Kier alpha value is -1.10. The molecular formula is C20H32N2O3. The van der Waals surface area contributed by atoms with E-state index in [1.165, 1.54) is 19.3 Å². The third kappa shape index (κ3) is 3.57. The molecule has 0 spiro atoms. The first-order valence-electron chi connectivity index (χ1n) is 10.3. The smallest absolute Gasteiger partial charge is 0.222 e. The largest absolute Gasteiger partial charge is 0.391 e. The molecule has 0 aromatic heterocycles. The number of hydrogen-bond donors (Lipinski definition) is 2. The molecule has 5 fully saturated rings. The zero-order valence-electron chi connectivity index (χ0n) is 15.2. The van der Waals surface area contributed by atoms with Gasteiger partial charge in [-0.15, -0.1) is 0 Å². The van der Waals surface area contributed by atoms with Crippen LogP contribution in [0.2, 0.25) is 0 Å². The van der Waals surface area contributed by atoms with Crippen LogP contribution in [0.15, 0.2) is 0 Å². The Morgan fingerprint density at radius 3 is 2.40 bits per heavy atom. The second kappa shape index (κ2) is 6.90. The van der Waals surface area contributed by atoms with E-state index in [0.29, 0.717) is 25.9 Å². The zero-order valence-corrected chi connectivity index (χ0v) is 15.2. The third-order valence-corrected chi connectivity index (χ3v) is 7.32. The van der Waals surface area contributed by atoms with Crippen LogP contribution >= 0.6 is 0 Å². The molecule has 0 unspecified atom stereocenters. The molecule has 1 heterocycles. The van der Waals surface area contributed by atoms with Gasteiger partial charge in [0.1, 0.15) is 0 Å². The van der Waals surface area contributed by atoms with Crippen molar-refractivity contribution in [2.24, 2.45) is 23.2 Å². The first-order valence-corrected chi connectivity index (χ1v) is 10.3. The summed E-state index contributed by atoms with van der Waals surface area (Å²) in [6, 6.07) is 0. The summed E-state index contributed by atoms with van der Waals surface area (Å²) in [6.07, 6.45) is 10.1. The van der Waals surface area contributed by atoms with Gasteiger partial charge in [-0.1, -0.05) is 0 Å². The number of aliphatic hydroxyl groups excluding tert-OH is 1. The highest BCUT2D eigenvalue weighted by molar-refractivity contribution is 5.79. The van der Waals surface area contributed by atoms with Crippen LogP contribution in [-0.4, -0.2) is 47.6 Å². The van der Waals surface area contributed by atoms with Crippen molar-refractivity contribution >= 4 is 11.8 Å². The molecule has 5 aliphatic rings. The molecule has 1 saturated heterocycles. The van der Waals surface area contributed by atoms with Gasteiger partial charge in [-0.2, -0.15) is 0 Å². The number of carbonyl (C=O) groups is 2. The van der Waals surface area contributed by atoms with Gasteiger partial charge in [0.2, 0.25) is 11.8 Å². The Kier molecular flexibility index (Phi) is 4.78. The highest BCUT2D eigenvalue weighted by Gasteiger charge is 2.53. The van der Waals surface area contributed by atoms with E-state index >= 15 is 0 Å². The van der Waals surface area contributed by atoms with Crippen molar-refractivity contribution in [2.75, 3.05) is 19.6 Å². The van der Waals surface area contributed by atoms with Crippen LogP contribution in [0.1, 0.15) is 64.2 Å². The van der Waals surface area contributed by atoms with Crippen molar-refractivity contribution in [3.63, 3.8) is 0 Å². The number of hydrogen-bond acceptors (Lipinski definition) is 3. The van der Waals surface area contributed by atoms with Crippen LogP contribution < -0.4 is 5.32 Å². The van der Waals surface area contributed by atoms with Gasteiger partial charge in [-0.3, -0.25) is 9.59 Å². The zero-order chi connectivity index (χ0) is 17.4. The quantitative estimate of drug-likeness (QED) is 0.772. The van der Waals surface area contributed by atoms with E-state index in [9.17, 15) is 14.7 Å². The fourth-order valence-electron chi connectivity index (χ4n) is 6.44. The third-order valence-electron chi connectivity index (χ3n) is 7.32. The van der Waals surface area contributed by atoms with Crippen LogP contribution in [0.3, 0.4) is 0 Å². The van der Waals surface area contributed by atoms with E-state index in [1.807, 2.05) is 0 Å². The molecule has 4 saturated carbocycles. The number of piperidine rings is 1. The predicted octanol–water partition coefficient (Wildman–Crippen LogP) is 2.08. The Bertz CT molecular complexity index is 498. The molecule has 1 atom stereocenters. The van der Waals surface area contributed by atoms with E-state index in [1.54, 1.807) is 4.90 Å². The second-order valence-corrected chi connectivity index (χ2v) is 9.19. The summed E-state index contributed by atoms with van der Waals surface area (Å²) in [5, 5.41) is 13.8. The maximum Gasteiger partial charge on any atom is 0.222 e. The molecule has 0 radical (unpaired) electrons. The molecule has 140 valence electrons. The van der Waals surface area contributed by atoms with Crippen molar-refractivity contribution in [1.29, 1.82) is 0 Å². The fraction of sp³-hybridized carbons (Fsp3) is 0.900. The molecule has 2 amide bonds. The second-order valence-electron chi connectivity index (χ2n) is 9.19. The van der Waals surface area contributed by atoms with Gasteiger partial charge in [0.05, 0.1) is 6.10 Å². The van der Waals surface area contributed by atoms with Crippen LogP contribution in [-0.2, 0) is 9.59 Å². The summed E-state index contributed by atoms with van der Waals surface area (Å²) in [5.41, 5.74) is 0.0604. The molecule has 4 bridgehead atoms. The van der Waals surface area contributed by atoms with Gasteiger partial charge in [0, 0.05) is 32.5 Å². The summed E-state index contributed by atoms with van der Waals surface area (Å²) in [5.74, 6) is 2.56. The highest BCUT2D eigenvalue weighted by atomic mass is 16.3. The minimum absolute atomic E-state index is 0.0397. The van der Waals surface area contributed by atoms with E-state index < -0.39 is 6.10 Å². The van der Waals surface area contributed by atoms with Gasteiger partial charge >= 0.3 is 0 Å². The lowest BCUT2D eigenvalue weighted by Crippen LogP contribution is -2.54. The monoisotopic (exact) mass is 348 g/mol. The van der Waals surface area contributed by atoms with E-state index in [2.05, 4.69) is 5.32 Å². The number of rotatable bonds is 6. The Morgan fingerprint density at radius 1 is 1.16 bits per heavy atom. The van der Waals surface area contributed by atoms with Crippen molar-refractivity contribution in [1.82, 2.24) is 10.2 Å². The lowest BCUT2D eigenvalue weighted by atomic mass is 9.48. The molecule has 0 aromatic carbocycles. The first kappa shape index (κ1) is 17.3. The van der Waals surface area contributed by atoms with E-state index in [-0.39, 0.29) is 17.2 Å². The molecule has 2 N–H and O–H groups in total. The minimum atomic E-state index is -0.415. The van der Waals surface area contributed by atoms with Crippen LogP contribution in [0, 0.1) is 23.2 Å². The predicted molar refractivity (Wildman–Crippen MR) is 94.7 cm³/mol. The molecule has 5 heteroatoms. The highest BCUT2D eigenvalue weighted by Crippen LogP contribution is 2.61. The number of nitrogens with one attached hydrogen (secondary N) is 1. The molecular weight excluding hydrogens is 316 g/mol. The molecule has 1 aliphatic heterocycles. The fourth-order valence-corrected chi connectivity index (χ4v) is 6.44. The average Bonchev–Trinajstić information content (AvgIpc) is 2.57. The molecule has 0 aromatic rings. The SMILES string of the molecule is O=C(CCN1CCCCC1=O)NC[C@H](O)C12CC3CC(CC(C3)C1)C2. The first-order chi connectivity index (χ1) is 12.0. The van der Waals surface area contributed by atoms with Crippen LogP contribution in [0.5, 0.6) is 0 Å². The topological polar surface area (TPSA) is 69.6 Å². The van der Waals surface area contributed by atoms with Gasteiger partial charge in [-0.25, -0.2) is 0 Å². The normalized spacial score (nSPS) is 38.0. The number of likely N-dealkylation sites (tertiary alicyclic amines) is 1. The number of amides is 2. The van der Waals surface area contributed by atoms with E-state index in [4.69, 9.17) is 0 Å². The maximum absolute atomic E-state index is 12.2. The minimum Gasteiger partial charge on any atom is -0.391 e. The van der Waals surface area contributed by atoms with Crippen molar-refractivity contribution in [2.45, 2.75) is 70.3 Å². The summed E-state index contributed by atoms with van der Waals surface area (Å²) < 4.78 is 0. The summed E-state index contributed by atoms with van der Waals surface area (Å²) in [6.45, 7) is 1.67. The number of nitrogens with zero attached hydrogens (tertiary/aromatic N) is 1. The van der Waals surface area contributed by atoms with Gasteiger partial charge in [0.25, 0.3) is 0 Å². The van der Waals surface area contributed by atoms with Crippen molar-refractivity contribution in [3.05, 3.63) is 0 Å². The number of aliphatic hydroxyl groups is 1. The number of carbonyl (C=O) groups excluding carboxylic acids is 2. The summed E-state index contributed by atoms with van der Waals surface area (Å²) in [4.78, 5) is 25.8. The van der Waals surface area contributed by atoms with Gasteiger partial charge in [-0.05, 0) is 74.5 Å². The molecule has 4 aliphatic carbocycles. The van der Waals surface area contributed by atoms with Crippen LogP contribution in [0.4, 0.5) is 0 Å². The molecule has 5 rings (SSSR count). The van der Waals surface area contributed by atoms with E-state index in [0.717, 1.165) is 56.4 Å². The average molecular weight is 348 g/mol. The summed E-state index contributed by atoms with van der Waals surface area (Å²) >= 11 is 0. The standard InChI is InChI=1S/C20H32N2O3/c23-17(20-10-14-7-15(11-20)9-16(8-14)12-20)13-21-18(24)4-6-22-5-2-1-3-19(22)25/h14-17,23H,1-13H2,(H,21,24)/t14?,15?,16?,17-,20?/m0/s1. The van der Waals surface area contributed by atoms with Crippen molar-refractivity contribution < 1.29 is 14.7 Å². The van der Waals surface area contributed by atoms with Crippen LogP contribution in [0.25, 0.3) is 0 Å².